The van der Waals surface area contributed by atoms with Crippen LogP contribution >= 0.6 is 11.6 Å². The van der Waals surface area contributed by atoms with Gasteiger partial charge in [-0.25, -0.2) is 9.78 Å². The van der Waals surface area contributed by atoms with E-state index >= 15 is 0 Å². The number of amides is 1. The molecule has 0 radical (unpaired) electrons. The molecule has 7 nitrogen and oxygen atoms in total. The summed E-state index contributed by atoms with van der Waals surface area (Å²) in [6.45, 7) is 1.98. The number of benzene rings is 1. The van der Waals surface area contributed by atoms with E-state index in [-0.39, 0.29) is 11.6 Å². The van der Waals surface area contributed by atoms with Gasteiger partial charge in [0, 0.05) is 25.1 Å². The topological polar surface area (TPSA) is 83.0 Å². The number of hydrogen-bond acceptors (Lipinski definition) is 5. The average molecular weight is 418 g/mol. The Balaban J connectivity index is 1.95. The van der Waals surface area contributed by atoms with Crippen molar-refractivity contribution in [3.8, 4) is 17.0 Å². The predicted molar refractivity (Wildman–Crippen MR) is 112 cm³/mol. The lowest BCUT2D eigenvalue weighted by atomic mass is 10.1. The number of aromatic nitrogens is 1. The molecule has 0 unspecified atom stereocenters. The molecule has 1 aliphatic heterocycles. The Morgan fingerprint density at radius 1 is 1.31 bits per heavy atom. The van der Waals surface area contributed by atoms with Crippen LogP contribution in [0, 0.1) is 0 Å². The summed E-state index contributed by atoms with van der Waals surface area (Å²) in [5.74, 6) is -0.617. The maximum absolute atomic E-state index is 12.3. The van der Waals surface area contributed by atoms with Gasteiger partial charge in [-0.05, 0) is 51.2 Å². The summed E-state index contributed by atoms with van der Waals surface area (Å²) in [5, 5.41) is 9.82. The summed E-state index contributed by atoms with van der Waals surface area (Å²) >= 11 is 6.28. The molecule has 0 atom stereocenters. The minimum absolute atomic E-state index is 0.00486. The van der Waals surface area contributed by atoms with Gasteiger partial charge in [-0.3, -0.25) is 4.79 Å². The molecule has 1 fully saturated rings. The van der Waals surface area contributed by atoms with Crippen molar-refractivity contribution in [2.75, 3.05) is 38.7 Å². The molecule has 1 aromatic carbocycles. The number of aromatic carboxylic acids is 1. The summed E-state index contributed by atoms with van der Waals surface area (Å²) in [6, 6.07) is 8.26. The molecular weight excluding hydrogens is 394 g/mol. The highest BCUT2D eigenvalue weighted by molar-refractivity contribution is 6.32. The van der Waals surface area contributed by atoms with Crippen molar-refractivity contribution in [1.29, 1.82) is 0 Å². The minimum Gasteiger partial charge on any atom is -0.492 e. The fraction of sp³-hybridized carbons (Fsp3) is 0.381. The first-order chi connectivity index (χ1) is 13.9. The molecule has 0 spiro atoms. The zero-order valence-corrected chi connectivity index (χ0v) is 17.3. The molecule has 154 valence electrons. The third-order valence-corrected chi connectivity index (χ3v) is 4.98. The second kappa shape index (κ2) is 9.24. The fourth-order valence-electron chi connectivity index (χ4n) is 3.23. The standard InChI is InChI=1S/C21H24ClN3O4/c1-24(2)10-4-12-29-18-13-14(6-7-15(18)22)20-17(25-11-3-5-19(25)26)9-8-16(23-20)21(27)28/h6-9,13H,3-5,10-12H2,1-2H3,(H,27,28). The molecule has 0 bridgehead atoms. The number of carbonyl (C=O) groups is 2. The highest BCUT2D eigenvalue weighted by Crippen LogP contribution is 2.36. The third-order valence-electron chi connectivity index (χ3n) is 4.67. The van der Waals surface area contributed by atoms with Crippen molar-refractivity contribution in [3.05, 3.63) is 41.0 Å². The van der Waals surface area contributed by atoms with Crippen LogP contribution in [0.5, 0.6) is 5.75 Å². The number of anilines is 1. The third kappa shape index (κ3) is 5.05. The second-order valence-electron chi connectivity index (χ2n) is 7.17. The van der Waals surface area contributed by atoms with E-state index in [4.69, 9.17) is 16.3 Å². The molecule has 2 aromatic rings. The first kappa shape index (κ1) is 21.1. The maximum atomic E-state index is 12.3. The van der Waals surface area contributed by atoms with Crippen molar-refractivity contribution in [2.45, 2.75) is 19.3 Å². The summed E-state index contributed by atoms with van der Waals surface area (Å²) in [5.41, 5.74) is 1.59. The number of carboxylic acid groups (broad SMARTS) is 1. The number of carboxylic acids is 1. The molecule has 29 heavy (non-hydrogen) atoms. The monoisotopic (exact) mass is 417 g/mol. The van der Waals surface area contributed by atoms with Crippen LogP contribution in [-0.4, -0.2) is 60.7 Å². The summed E-state index contributed by atoms with van der Waals surface area (Å²) in [6.07, 6.45) is 2.08. The van der Waals surface area contributed by atoms with Crippen molar-refractivity contribution in [2.24, 2.45) is 0 Å². The molecule has 1 amide bonds. The highest BCUT2D eigenvalue weighted by atomic mass is 35.5. The lowest BCUT2D eigenvalue weighted by Crippen LogP contribution is -2.25. The van der Waals surface area contributed by atoms with Gasteiger partial charge in [0.1, 0.15) is 11.4 Å². The molecule has 8 heteroatoms. The molecule has 1 N–H and O–H groups in total. The normalized spacial score (nSPS) is 13.9. The van der Waals surface area contributed by atoms with Crippen LogP contribution in [-0.2, 0) is 4.79 Å². The second-order valence-corrected chi connectivity index (χ2v) is 7.58. The zero-order valence-electron chi connectivity index (χ0n) is 16.5. The number of halogens is 1. The molecule has 0 saturated carbocycles. The lowest BCUT2D eigenvalue weighted by Gasteiger charge is -2.20. The number of ether oxygens (including phenoxy) is 1. The molecule has 1 aliphatic rings. The van der Waals surface area contributed by atoms with Gasteiger partial charge in [-0.1, -0.05) is 17.7 Å². The zero-order chi connectivity index (χ0) is 21.0. The molecule has 1 saturated heterocycles. The van der Waals surface area contributed by atoms with Gasteiger partial charge in [0.15, 0.2) is 0 Å². The van der Waals surface area contributed by atoms with Crippen LogP contribution in [0.15, 0.2) is 30.3 Å². The quantitative estimate of drug-likeness (QED) is 0.661. The van der Waals surface area contributed by atoms with Crippen LogP contribution in [0.25, 0.3) is 11.3 Å². The lowest BCUT2D eigenvalue weighted by molar-refractivity contribution is -0.117. The van der Waals surface area contributed by atoms with Crippen LogP contribution in [0.2, 0.25) is 5.02 Å². The average Bonchev–Trinajstić information content (AvgIpc) is 3.11. The highest BCUT2D eigenvalue weighted by Gasteiger charge is 2.26. The predicted octanol–water partition coefficient (Wildman–Crippen LogP) is 3.56. The van der Waals surface area contributed by atoms with Crippen LogP contribution in [0.4, 0.5) is 5.69 Å². The van der Waals surface area contributed by atoms with Gasteiger partial charge >= 0.3 is 5.97 Å². The van der Waals surface area contributed by atoms with Crippen molar-refractivity contribution in [3.63, 3.8) is 0 Å². The van der Waals surface area contributed by atoms with E-state index < -0.39 is 5.97 Å². The Morgan fingerprint density at radius 3 is 2.76 bits per heavy atom. The van der Waals surface area contributed by atoms with Gasteiger partial charge < -0.3 is 19.6 Å². The summed E-state index contributed by atoms with van der Waals surface area (Å²) in [7, 11) is 3.99. The Morgan fingerprint density at radius 2 is 2.10 bits per heavy atom. The smallest absolute Gasteiger partial charge is 0.354 e. The van der Waals surface area contributed by atoms with E-state index in [1.54, 1.807) is 29.2 Å². The molecular formula is C21H24ClN3O4. The van der Waals surface area contributed by atoms with E-state index in [9.17, 15) is 14.7 Å². The number of hydrogen-bond donors (Lipinski definition) is 1. The SMILES string of the molecule is CN(C)CCCOc1cc(-c2nc(C(=O)O)ccc2N2CCCC2=O)ccc1Cl. The van der Waals surface area contributed by atoms with E-state index in [1.807, 2.05) is 14.1 Å². The first-order valence-corrected chi connectivity index (χ1v) is 9.87. The maximum Gasteiger partial charge on any atom is 0.354 e. The largest absolute Gasteiger partial charge is 0.492 e. The fourth-order valence-corrected chi connectivity index (χ4v) is 3.40. The van der Waals surface area contributed by atoms with Crippen LogP contribution < -0.4 is 9.64 Å². The van der Waals surface area contributed by atoms with E-state index in [0.29, 0.717) is 47.3 Å². The van der Waals surface area contributed by atoms with Gasteiger partial charge in [0.05, 0.1) is 23.0 Å². The van der Waals surface area contributed by atoms with E-state index in [2.05, 4.69) is 9.88 Å². The summed E-state index contributed by atoms with van der Waals surface area (Å²) < 4.78 is 5.83. The Bertz CT molecular complexity index is 917. The number of nitrogens with zero attached hydrogens (tertiary/aromatic N) is 3. The van der Waals surface area contributed by atoms with Crippen molar-refractivity contribution in [1.82, 2.24) is 9.88 Å². The van der Waals surface area contributed by atoms with E-state index in [1.165, 1.54) is 6.07 Å². The van der Waals surface area contributed by atoms with Crippen LogP contribution in [0.3, 0.4) is 0 Å². The van der Waals surface area contributed by atoms with Gasteiger partial charge in [-0.15, -0.1) is 0 Å². The first-order valence-electron chi connectivity index (χ1n) is 9.49. The van der Waals surface area contributed by atoms with Crippen LogP contribution in [0.1, 0.15) is 29.8 Å². The minimum atomic E-state index is -1.13. The van der Waals surface area contributed by atoms with Gasteiger partial charge in [0.2, 0.25) is 5.91 Å². The number of pyridine rings is 1. The number of rotatable bonds is 8. The number of carbonyl (C=O) groups excluding carboxylic acids is 1. The van der Waals surface area contributed by atoms with Crippen molar-refractivity contribution >= 4 is 29.2 Å². The van der Waals surface area contributed by atoms with Gasteiger partial charge in [-0.2, -0.15) is 0 Å². The Kier molecular flexibility index (Phi) is 6.71. The molecule has 0 aliphatic carbocycles. The molecule has 1 aromatic heterocycles. The molecule has 2 heterocycles. The molecule has 3 rings (SSSR count). The summed E-state index contributed by atoms with van der Waals surface area (Å²) in [4.78, 5) is 31.7. The van der Waals surface area contributed by atoms with Gasteiger partial charge in [0.25, 0.3) is 0 Å². The van der Waals surface area contributed by atoms with E-state index in [0.717, 1.165) is 19.4 Å². The Labute approximate surface area is 174 Å². The Hall–Kier alpha value is -2.64. The van der Waals surface area contributed by atoms with Crippen molar-refractivity contribution < 1.29 is 19.4 Å².